The minimum absolute atomic E-state index is 0.0530. The summed E-state index contributed by atoms with van der Waals surface area (Å²) >= 11 is 0.859. The van der Waals surface area contributed by atoms with Crippen LogP contribution >= 0.6 is 11.8 Å². The van der Waals surface area contributed by atoms with Gasteiger partial charge in [-0.3, -0.25) is 0 Å². The van der Waals surface area contributed by atoms with E-state index in [-0.39, 0.29) is 22.7 Å². The lowest BCUT2D eigenvalue weighted by Crippen LogP contribution is -2.30. The molecule has 0 N–H and O–H groups in total. The molecular formula is C23H21F4N3O3S2. The molecule has 0 aliphatic rings. The molecule has 0 saturated heterocycles. The Labute approximate surface area is 203 Å². The van der Waals surface area contributed by atoms with Crippen molar-refractivity contribution in [2.75, 3.05) is 13.1 Å². The molecule has 0 aliphatic heterocycles. The molecule has 186 valence electrons. The van der Waals surface area contributed by atoms with Gasteiger partial charge in [0.15, 0.2) is 28.4 Å². The molecule has 0 saturated carbocycles. The smallest absolute Gasteiger partial charge is 0.243 e. The highest BCUT2D eigenvalue weighted by Gasteiger charge is 2.24. The van der Waals surface area contributed by atoms with Crippen molar-refractivity contribution in [3.05, 3.63) is 77.3 Å². The normalized spacial score (nSPS) is 12.2. The molecule has 0 bridgehead atoms. The minimum atomic E-state index is -3.75. The fourth-order valence-electron chi connectivity index (χ4n) is 3.67. The molecule has 0 unspecified atom stereocenters. The Balaban J connectivity index is 1.77. The highest BCUT2D eigenvalue weighted by atomic mass is 32.2. The van der Waals surface area contributed by atoms with Gasteiger partial charge in [-0.1, -0.05) is 25.6 Å². The van der Waals surface area contributed by atoms with E-state index in [0.717, 1.165) is 11.8 Å². The number of hydrogen-bond acceptors (Lipinski definition) is 5. The van der Waals surface area contributed by atoms with Crippen molar-refractivity contribution in [1.29, 1.82) is 0 Å². The molecule has 0 aliphatic carbocycles. The van der Waals surface area contributed by atoms with E-state index in [9.17, 15) is 26.0 Å². The summed E-state index contributed by atoms with van der Waals surface area (Å²) in [6.07, 6.45) is 1.48. The summed E-state index contributed by atoms with van der Waals surface area (Å²) in [7, 11) is -3.75. The number of thioether (sulfide) groups is 1. The van der Waals surface area contributed by atoms with E-state index in [1.807, 2.05) is 0 Å². The molecule has 4 aromatic rings. The maximum atomic E-state index is 14.2. The van der Waals surface area contributed by atoms with Crippen molar-refractivity contribution in [1.82, 2.24) is 13.9 Å². The third-order valence-electron chi connectivity index (χ3n) is 5.47. The Hall–Kier alpha value is -2.83. The van der Waals surface area contributed by atoms with Gasteiger partial charge in [-0.2, -0.15) is 4.31 Å². The number of aromatic nitrogens is 2. The maximum absolute atomic E-state index is 14.2. The molecule has 35 heavy (non-hydrogen) atoms. The molecule has 0 fully saturated rings. The number of sulfonamides is 1. The Bertz CT molecular complexity index is 1440. The first kappa shape index (κ1) is 25.3. The summed E-state index contributed by atoms with van der Waals surface area (Å²) in [6.45, 7) is 4.26. The first-order chi connectivity index (χ1) is 16.7. The standard InChI is InChI=1S/C23H21F4N3O3S2/c1-3-29(4-2)35(31,32)15-7-8-20-19(10-15)28-23(30(20)12-14-6-5-9-33-14)34-13-16-21(26)17(24)11-18(25)22(16)27/h5-11H,3-4,12-13H2,1-2H3. The molecule has 2 aromatic carbocycles. The van der Waals surface area contributed by atoms with E-state index in [0.29, 0.717) is 29.9 Å². The highest BCUT2D eigenvalue weighted by Crippen LogP contribution is 2.32. The Kier molecular flexibility index (Phi) is 7.25. The van der Waals surface area contributed by atoms with Crippen molar-refractivity contribution in [3.63, 3.8) is 0 Å². The van der Waals surface area contributed by atoms with Gasteiger partial charge in [-0.25, -0.2) is 31.0 Å². The van der Waals surface area contributed by atoms with Gasteiger partial charge in [-0.15, -0.1) is 0 Å². The quantitative estimate of drug-likeness (QED) is 0.162. The summed E-state index contributed by atoms with van der Waals surface area (Å²) in [5.74, 6) is -5.82. The molecular weight excluding hydrogens is 506 g/mol. The van der Waals surface area contributed by atoms with Crippen molar-refractivity contribution >= 4 is 32.8 Å². The van der Waals surface area contributed by atoms with Crippen LogP contribution in [0.5, 0.6) is 0 Å². The monoisotopic (exact) mass is 527 g/mol. The lowest BCUT2D eigenvalue weighted by Gasteiger charge is -2.18. The van der Waals surface area contributed by atoms with Gasteiger partial charge in [-0.05, 0) is 30.3 Å². The molecule has 0 atom stereocenters. The fourth-order valence-corrected chi connectivity index (χ4v) is 6.16. The zero-order chi connectivity index (χ0) is 25.3. The topological polar surface area (TPSA) is 68.3 Å². The molecule has 12 heteroatoms. The van der Waals surface area contributed by atoms with Crippen LogP contribution in [0.2, 0.25) is 0 Å². The molecule has 6 nitrogen and oxygen atoms in total. The van der Waals surface area contributed by atoms with Crippen LogP contribution in [0, 0.1) is 23.3 Å². The SMILES string of the molecule is CCN(CC)S(=O)(=O)c1ccc2c(c1)nc(SCc1c(F)c(F)cc(F)c1F)n2Cc1ccco1. The van der Waals surface area contributed by atoms with Crippen molar-refractivity contribution in [3.8, 4) is 0 Å². The number of nitrogens with zero attached hydrogens (tertiary/aromatic N) is 3. The third kappa shape index (κ3) is 4.82. The van der Waals surface area contributed by atoms with Crippen LogP contribution in [0.25, 0.3) is 11.0 Å². The van der Waals surface area contributed by atoms with Gasteiger partial charge in [0.05, 0.1) is 28.7 Å². The maximum Gasteiger partial charge on any atom is 0.243 e. The summed E-state index contributed by atoms with van der Waals surface area (Å²) < 4.78 is 89.9. The van der Waals surface area contributed by atoms with E-state index < -0.39 is 44.6 Å². The zero-order valence-corrected chi connectivity index (χ0v) is 20.4. The van der Waals surface area contributed by atoms with Crippen LogP contribution in [0.1, 0.15) is 25.2 Å². The third-order valence-corrected chi connectivity index (χ3v) is 8.52. The van der Waals surface area contributed by atoms with E-state index in [4.69, 9.17) is 4.42 Å². The van der Waals surface area contributed by atoms with E-state index in [1.165, 1.54) is 22.7 Å². The largest absolute Gasteiger partial charge is 0.467 e. The second kappa shape index (κ2) is 10.0. The fraction of sp³-hybridized carbons (Fsp3) is 0.261. The van der Waals surface area contributed by atoms with Crippen LogP contribution in [0.4, 0.5) is 17.6 Å². The Morgan fingerprint density at radius 3 is 2.31 bits per heavy atom. The van der Waals surface area contributed by atoms with Crippen LogP contribution in [-0.2, 0) is 22.3 Å². The second-order valence-electron chi connectivity index (χ2n) is 7.54. The first-order valence-corrected chi connectivity index (χ1v) is 13.1. The van der Waals surface area contributed by atoms with Gasteiger partial charge in [0.2, 0.25) is 10.0 Å². The molecule has 0 radical (unpaired) electrons. The zero-order valence-electron chi connectivity index (χ0n) is 18.8. The Morgan fingerprint density at radius 2 is 1.71 bits per heavy atom. The van der Waals surface area contributed by atoms with E-state index in [1.54, 1.807) is 36.6 Å². The molecule has 2 heterocycles. The van der Waals surface area contributed by atoms with E-state index in [2.05, 4.69) is 4.98 Å². The Morgan fingerprint density at radius 1 is 1.03 bits per heavy atom. The molecule has 2 aromatic heterocycles. The van der Waals surface area contributed by atoms with Gasteiger partial charge in [0.1, 0.15) is 5.76 Å². The summed E-state index contributed by atoms with van der Waals surface area (Å²) in [5.41, 5.74) is 0.126. The van der Waals surface area contributed by atoms with Crippen LogP contribution in [-0.4, -0.2) is 35.4 Å². The predicted octanol–water partition coefficient (Wildman–Crippen LogP) is 5.56. The molecule has 0 amide bonds. The molecule has 4 rings (SSSR count). The van der Waals surface area contributed by atoms with Gasteiger partial charge in [0.25, 0.3) is 0 Å². The highest BCUT2D eigenvalue weighted by molar-refractivity contribution is 7.98. The van der Waals surface area contributed by atoms with Crippen LogP contribution in [0.15, 0.2) is 57.1 Å². The number of furan rings is 1. The first-order valence-electron chi connectivity index (χ1n) is 10.6. The van der Waals surface area contributed by atoms with E-state index >= 15 is 0 Å². The number of fused-ring (bicyclic) bond motifs is 1. The van der Waals surface area contributed by atoms with Crippen molar-refractivity contribution in [2.24, 2.45) is 0 Å². The summed E-state index contributed by atoms with van der Waals surface area (Å²) in [6, 6.07) is 8.05. The lowest BCUT2D eigenvalue weighted by atomic mass is 10.2. The van der Waals surface area contributed by atoms with Crippen LogP contribution in [0.3, 0.4) is 0 Å². The average molecular weight is 528 g/mol. The molecule has 0 spiro atoms. The number of benzene rings is 2. The lowest BCUT2D eigenvalue weighted by molar-refractivity contribution is 0.444. The summed E-state index contributed by atoms with van der Waals surface area (Å²) in [5, 5.41) is 0.261. The second-order valence-corrected chi connectivity index (χ2v) is 10.4. The van der Waals surface area contributed by atoms with Gasteiger partial charge in [0, 0.05) is 30.5 Å². The van der Waals surface area contributed by atoms with Crippen molar-refractivity contribution in [2.45, 2.75) is 36.2 Å². The van der Waals surface area contributed by atoms with Crippen molar-refractivity contribution < 1.29 is 30.4 Å². The number of halogens is 4. The van der Waals surface area contributed by atoms with Gasteiger partial charge >= 0.3 is 0 Å². The number of hydrogen-bond donors (Lipinski definition) is 0. The summed E-state index contributed by atoms with van der Waals surface area (Å²) in [4.78, 5) is 4.52. The number of rotatable bonds is 9. The van der Waals surface area contributed by atoms with Crippen LogP contribution < -0.4 is 0 Å². The van der Waals surface area contributed by atoms with Gasteiger partial charge < -0.3 is 8.98 Å². The predicted molar refractivity (Wildman–Crippen MR) is 123 cm³/mol. The number of imidazole rings is 1. The average Bonchev–Trinajstić information content (AvgIpc) is 3.46. The minimum Gasteiger partial charge on any atom is -0.467 e.